The van der Waals surface area contributed by atoms with Gasteiger partial charge in [0.05, 0.1) is 19.4 Å². The van der Waals surface area contributed by atoms with Gasteiger partial charge in [-0.3, -0.25) is 9.69 Å². The summed E-state index contributed by atoms with van der Waals surface area (Å²) in [6.07, 6.45) is -0.698. The second kappa shape index (κ2) is 10.3. The van der Waals surface area contributed by atoms with Crippen molar-refractivity contribution in [2.45, 2.75) is 38.6 Å². The Morgan fingerprint density at radius 1 is 1.15 bits per heavy atom. The SMILES string of the molecule is CCOc1ccc([C@H]2Oc3nc(SCC)nnc3-c3cc(F)ccc3N2C(=O)CC)cc1OC. The summed E-state index contributed by atoms with van der Waals surface area (Å²) in [7, 11) is 1.54. The molecule has 34 heavy (non-hydrogen) atoms. The monoisotopic (exact) mass is 484 g/mol. The Balaban J connectivity index is 1.94. The van der Waals surface area contributed by atoms with Crippen LogP contribution < -0.4 is 19.1 Å². The van der Waals surface area contributed by atoms with Gasteiger partial charge in [-0.1, -0.05) is 25.6 Å². The number of carbonyl (C=O) groups is 1. The smallest absolute Gasteiger partial charge is 0.247 e. The van der Waals surface area contributed by atoms with Gasteiger partial charge in [0, 0.05) is 17.5 Å². The molecule has 0 N–H and O–H groups in total. The summed E-state index contributed by atoms with van der Waals surface area (Å²) in [4.78, 5) is 19.3. The molecule has 0 bridgehead atoms. The van der Waals surface area contributed by atoms with Gasteiger partial charge in [0.1, 0.15) is 5.82 Å². The van der Waals surface area contributed by atoms with E-state index in [2.05, 4.69) is 15.2 Å². The molecule has 3 aromatic rings. The maximum Gasteiger partial charge on any atom is 0.247 e. The number of rotatable bonds is 7. The van der Waals surface area contributed by atoms with Crippen molar-refractivity contribution in [2.24, 2.45) is 0 Å². The summed E-state index contributed by atoms with van der Waals surface area (Å²) in [5.74, 6) is 1.30. The molecule has 4 rings (SSSR count). The van der Waals surface area contributed by atoms with E-state index in [1.54, 1.807) is 38.3 Å². The van der Waals surface area contributed by atoms with Crippen LogP contribution in [0.4, 0.5) is 10.1 Å². The predicted molar refractivity (Wildman–Crippen MR) is 127 cm³/mol. The lowest BCUT2D eigenvalue weighted by molar-refractivity contribution is -0.120. The van der Waals surface area contributed by atoms with E-state index >= 15 is 0 Å². The first-order chi connectivity index (χ1) is 16.5. The maximum atomic E-state index is 14.3. The van der Waals surface area contributed by atoms with E-state index in [1.165, 1.54) is 28.8 Å². The summed E-state index contributed by atoms with van der Waals surface area (Å²) in [5, 5.41) is 8.88. The topological polar surface area (TPSA) is 86.7 Å². The molecule has 178 valence electrons. The van der Waals surface area contributed by atoms with Gasteiger partial charge in [0.25, 0.3) is 0 Å². The highest BCUT2D eigenvalue weighted by atomic mass is 32.2. The highest BCUT2D eigenvalue weighted by Crippen LogP contribution is 2.45. The summed E-state index contributed by atoms with van der Waals surface area (Å²) in [6.45, 7) is 6.09. The van der Waals surface area contributed by atoms with Crippen LogP contribution in [0.25, 0.3) is 11.3 Å². The third-order valence-corrected chi connectivity index (χ3v) is 5.90. The van der Waals surface area contributed by atoms with Crippen molar-refractivity contribution in [2.75, 3.05) is 24.4 Å². The van der Waals surface area contributed by atoms with Crippen LogP contribution in [0, 0.1) is 5.82 Å². The first-order valence-electron chi connectivity index (χ1n) is 11.0. The number of aromatic nitrogens is 3. The number of halogens is 1. The fraction of sp³-hybridized carbons (Fsp3) is 0.333. The molecule has 0 saturated heterocycles. The molecular formula is C24H25FN4O4S. The highest BCUT2D eigenvalue weighted by Gasteiger charge is 2.36. The molecule has 2 aromatic carbocycles. The van der Waals surface area contributed by atoms with Crippen LogP contribution >= 0.6 is 11.8 Å². The van der Waals surface area contributed by atoms with E-state index < -0.39 is 12.0 Å². The Kier molecular flexibility index (Phi) is 7.16. The van der Waals surface area contributed by atoms with E-state index in [0.29, 0.717) is 40.1 Å². The van der Waals surface area contributed by atoms with Crippen molar-refractivity contribution in [1.82, 2.24) is 15.2 Å². The van der Waals surface area contributed by atoms with Crippen LogP contribution in [0.1, 0.15) is 39.0 Å². The van der Waals surface area contributed by atoms with E-state index in [4.69, 9.17) is 14.2 Å². The van der Waals surface area contributed by atoms with Crippen molar-refractivity contribution in [1.29, 1.82) is 0 Å². The number of benzene rings is 2. The summed E-state index contributed by atoms with van der Waals surface area (Å²) < 4.78 is 31.8. The normalized spacial score (nSPS) is 14.5. The van der Waals surface area contributed by atoms with Crippen LogP contribution in [-0.2, 0) is 4.79 Å². The lowest BCUT2D eigenvalue weighted by Crippen LogP contribution is -2.37. The van der Waals surface area contributed by atoms with Crippen LogP contribution in [0.3, 0.4) is 0 Å². The van der Waals surface area contributed by atoms with E-state index in [0.717, 1.165) is 5.75 Å². The number of hydrogen-bond donors (Lipinski definition) is 0. The third-order valence-electron chi connectivity index (χ3n) is 5.18. The van der Waals surface area contributed by atoms with Crippen LogP contribution in [-0.4, -0.2) is 40.6 Å². The minimum atomic E-state index is -0.904. The molecule has 0 saturated carbocycles. The van der Waals surface area contributed by atoms with Gasteiger partial charge in [0.2, 0.25) is 23.2 Å². The van der Waals surface area contributed by atoms with Crippen molar-refractivity contribution >= 4 is 23.4 Å². The first-order valence-corrected chi connectivity index (χ1v) is 12.0. The molecule has 0 spiro atoms. The Morgan fingerprint density at radius 3 is 2.68 bits per heavy atom. The number of carbonyl (C=O) groups excluding carboxylic acids is 1. The van der Waals surface area contributed by atoms with Crippen LogP contribution in [0.2, 0.25) is 0 Å². The second-order valence-electron chi connectivity index (χ2n) is 7.27. The quantitative estimate of drug-likeness (QED) is 0.432. The Labute approximate surface area is 201 Å². The van der Waals surface area contributed by atoms with E-state index in [1.807, 2.05) is 13.8 Å². The first kappa shape index (κ1) is 23.7. The zero-order valence-corrected chi connectivity index (χ0v) is 20.2. The number of amides is 1. The molecule has 1 atom stereocenters. The number of hydrogen-bond acceptors (Lipinski definition) is 8. The van der Waals surface area contributed by atoms with Crippen LogP contribution in [0.15, 0.2) is 41.6 Å². The molecular weight excluding hydrogens is 459 g/mol. The Bertz CT molecular complexity index is 1210. The average molecular weight is 485 g/mol. The van der Waals surface area contributed by atoms with Crippen molar-refractivity contribution in [3.05, 3.63) is 47.8 Å². The number of nitrogens with zero attached hydrogens (tertiary/aromatic N) is 4. The zero-order chi connectivity index (χ0) is 24.2. The molecule has 8 nitrogen and oxygen atoms in total. The van der Waals surface area contributed by atoms with Crippen LogP contribution in [0.5, 0.6) is 17.4 Å². The lowest BCUT2D eigenvalue weighted by Gasteiger charge is -2.31. The van der Waals surface area contributed by atoms with Gasteiger partial charge >= 0.3 is 0 Å². The fourth-order valence-electron chi connectivity index (χ4n) is 3.70. The lowest BCUT2D eigenvalue weighted by atomic mass is 10.1. The molecule has 10 heteroatoms. The zero-order valence-electron chi connectivity index (χ0n) is 19.4. The molecule has 0 radical (unpaired) electrons. The highest BCUT2D eigenvalue weighted by molar-refractivity contribution is 7.99. The van der Waals surface area contributed by atoms with Gasteiger partial charge < -0.3 is 14.2 Å². The molecule has 0 unspecified atom stereocenters. The summed E-state index contributed by atoms with van der Waals surface area (Å²) in [6, 6.07) is 9.50. The predicted octanol–water partition coefficient (Wildman–Crippen LogP) is 5.03. The number of fused-ring (bicyclic) bond motifs is 3. The summed E-state index contributed by atoms with van der Waals surface area (Å²) >= 11 is 1.41. The standard InChI is InChI=1S/C24H25FN4O4S/c1-5-20(30)29-17-10-9-15(25)13-16(17)21-22(26-24(28-27-21)34-7-3)33-23(29)14-8-11-18(32-6-2)19(12-14)31-4/h8-13,23H,5-7H2,1-4H3/t23-/m1/s1. The Hall–Kier alpha value is -3.40. The molecule has 1 aromatic heterocycles. The molecule has 1 aliphatic rings. The van der Waals surface area contributed by atoms with Crippen molar-refractivity contribution < 1.29 is 23.4 Å². The molecule has 1 aliphatic heterocycles. The number of thioether (sulfide) groups is 1. The number of methoxy groups -OCH3 is 1. The Morgan fingerprint density at radius 2 is 1.97 bits per heavy atom. The minimum Gasteiger partial charge on any atom is -0.493 e. The largest absolute Gasteiger partial charge is 0.493 e. The number of anilines is 1. The molecule has 1 amide bonds. The molecule has 0 aliphatic carbocycles. The van der Waals surface area contributed by atoms with E-state index in [9.17, 15) is 9.18 Å². The van der Waals surface area contributed by atoms with Crippen molar-refractivity contribution in [3.8, 4) is 28.6 Å². The molecule has 0 fully saturated rings. The maximum absolute atomic E-state index is 14.3. The van der Waals surface area contributed by atoms with Gasteiger partial charge in [-0.05, 0) is 49.1 Å². The minimum absolute atomic E-state index is 0.169. The van der Waals surface area contributed by atoms with Gasteiger partial charge in [-0.2, -0.15) is 4.98 Å². The number of ether oxygens (including phenoxy) is 3. The second-order valence-corrected chi connectivity index (χ2v) is 8.50. The van der Waals surface area contributed by atoms with Gasteiger partial charge in [-0.25, -0.2) is 4.39 Å². The fourth-order valence-corrected chi connectivity index (χ4v) is 4.20. The van der Waals surface area contributed by atoms with Crippen molar-refractivity contribution in [3.63, 3.8) is 0 Å². The summed E-state index contributed by atoms with van der Waals surface area (Å²) in [5.41, 5.74) is 1.74. The third kappa shape index (κ3) is 4.50. The molecule has 2 heterocycles. The van der Waals surface area contributed by atoms with E-state index in [-0.39, 0.29) is 23.9 Å². The van der Waals surface area contributed by atoms with Gasteiger partial charge in [-0.15, -0.1) is 10.2 Å². The average Bonchev–Trinajstić information content (AvgIpc) is 2.98. The van der Waals surface area contributed by atoms with Gasteiger partial charge in [0.15, 0.2) is 17.2 Å².